The summed E-state index contributed by atoms with van der Waals surface area (Å²) in [6.07, 6.45) is 4.34. The van der Waals surface area contributed by atoms with Crippen LogP contribution in [0.4, 0.5) is 0 Å². The van der Waals surface area contributed by atoms with Crippen molar-refractivity contribution in [2.75, 3.05) is 0 Å². The largest absolute Gasteiger partial charge is 0.324 e. The highest BCUT2D eigenvalue weighted by atomic mass is 79.9. The van der Waals surface area contributed by atoms with Crippen molar-refractivity contribution in [3.8, 4) is 0 Å². The molecule has 0 saturated carbocycles. The molecule has 0 bridgehead atoms. The third kappa shape index (κ3) is 4.22. The normalized spacial score (nSPS) is 11.6. The smallest absolute Gasteiger partial charge is 0.0410 e. The first-order valence-corrected chi connectivity index (χ1v) is 4.89. The molecule has 1 aromatic rings. The summed E-state index contributed by atoms with van der Waals surface area (Å²) in [7, 11) is 0. The van der Waals surface area contributed by atoms with E-state index in [4.69, 9.17) is 5.73 Å². The molecule has 1 aromatic heterocycles. The summed E-state index contributed by atoms with van der Waals surface area (Å²) in [5, 5.41) is 0. The molecule has 0 amide bonds. The van der Waals surface area contributed by atoms with E-state index in [1.165, 1.54) is 0 Å². The van der Waals surface area contributed by atoms with Gasteiger partial charge in [0.25, 0.3) is 0 Å². The van der Waals surface area contributed by atoms with Crippen molar-refractivity contribution in [1.29, 1.82) is 0 Å². The predicted molar refractivity (Wildman–Crippen MR) is 65.5 cm³/mol. The molecule has 0 radical (unpaired) electrons. The predicted octanol–water partition coefficient (Wildman–Crippen LogP) is 3.23. The Morgan fingerprint density at radius 3 is 2.79 bits per heavy atom. The van der Waals surface area contributed by atoms with Gasteiger partial charge in [-0.2, -0.15) is 0 Å². The topological polar surface area (TPSA) is 38.9 Å². The summed E-state index contributed by atoms with van der Waals surface area (Å²) >= 11 is 3.36. The Morgan fingerprint density at radius 1 is 1.64 bits per heavy atom. The van der Waals surface area contributed by atoms with Gasteiger partial charge >= 0.3 is 0 Å². The molecule has 0 aliphatic heterocycles. The Labute approximate surface area is 99.1 Å². The van der Waals surface area contributed by atoms with Crippen LogP contribution in [-0.4, -0.2) is 4.98 Å². The van der Waals surface area contributed by atoms with Crippen LogP contribution in [0.15, 0.2) is 35.1 Å². The highest BCUT2D eigenvalue weighted by molar-refractivity contribution is 9.10. The van der Waals surface area contributed by atoms with Gasteiger partial charge in [0.15, 0.2) is 0 Å². The zero-order valence-corrected chi connectivity index (χ0v) is 10.4. The lowest BCUT2D eigenvalue weighted by Gasteiger charge is -2.11. The van der Waals surface area contributed by atoms with Gasteiger partial charge in [-0.25, -0.2) is 0 Å². The monoisotopic (exact) mass is 276 g/mol. The first-order valence-electron chi connectivity index (χ1n) is 4.10. The number of nitrogens with zero attached hydrogens (tertiary/aromatic N) is 1. The molecular weight excluding hydrogens is 263 g/mol. The molecule has 0 aromatic carbocycles. The van der Waals surface area contributed by atoms with Crippen LogP contribution in [0.1, 0.15) is 24.9 Å². The molecule has 2 nitrogen and oxygen atoms in total. The van der Waals surface area contributed by atoms with E-state index in [0.717, 1.165) is 22.0 Å². The zero-order chi connectivity index (χ0) is 9.84. The maximum atomic E-state index is 5.94. The SMILES string of the molecule is C=C(C)C[C@H](N)c1cncc(Br)c1.Cl. The summed E-state index contributed by atoms with van der Waals surface area (Å²) in [6.45, 7) is 5.81. The first kappa shape index (κ1) is 13.6. The fourth-order valence-electron chi connectivity index (χ4n) is 1.12. The average Bonchev–Trinajstić information content (AvgIpc) is 2.03. The first-order chi connectivity index (χ1) is 6.09. The van der Waals surface area contributed by atoms with Gasteiger partial charge in [0.1, 0.15) is 0 Å². The van der Waals surface area contributed by atoms with Gasteiger partial charge in [-0.15, -0.1) is 19.0 Å². The van der Waals surface area contributed by atoms with Crippen molar-refractivity contribution in [3.63, 3.8) is 0 Å². The summed E-state index contributed by atoms with van der Waals surface area (Å²) in [5.41, 5.74) is 8.07. The van der Waals surface area contributed by atoms with Gasteiger partial charge in [-0.3, -0.25) is 4.98 Å². The maximum absolute atomic E-state index is 5.94. The fourth-order valence-corrected chi connectivity index (χ4v) is 1.51. The number of rotatable bonds is 3. The van der Waals surface area contributed by atoms with Crippen molar-refractivity contribution in [2.45, 2.75) is 19.4 Å². The molecule has 0 spiro atoms. The van der Waals surface area contributed by atoms with Crippen LogP contribution in [0, 0.1) is 0 Å². The number of hydrogen-bond donors (Lipinski definition) is 1. The van der Waals surface area contributed by atoms with E-state index in [1.54, 1.807) is 12.4 Å². The molecule has 78 valence electrons. The third-order valence-corrected chi connectivity index (χ3v) is 2.16. The summed E-state index contributed by atoms with van der Waals surface area (Å²) < 4.78 is 0.960. The summed E-state index contributed by atoms with van der Waals surface area (Å²) in [5.74, 6) is 0. The van der Waals surface area contributed by atoms with Crippen LogP contribution in [0.2, 0.25) is 0 Å². The molecule has 14 heavy (non-hydrogen) atoms. The average molecular weight is 278 g/mol. The Kier molecular flexibility index (Phi) is 6.00. The van der Waals surface area contributed by atoms with Gasteiger partial charge in [0.2, 0.25) is 0 Å². The summed E-state index contributed by atoms with van der Waals surface area (Å²) in [4.78, 5) is 4.06. The van der Waals surface area contributed by atoms with Crippen LogP contribution >= 0.6 is 28.3 Å². The molecule has 0 fully saturated rings. The fraction of sp³-hybridized carbons (Fsp3) is 0.300. The van der Waals surface area contributed by atoms with Crippen LogP contribution in [-0.2, 0) is 0 Å². The molecular formula is C10H14BrClN2. The van der Waals surface area contributed by atoms with Crippen molar-refractivity contribution in [3.05, 3.63) is 40.6 Å². The van der Waals surface area contributed by atoms with Crippen LogP contribution in [0.3, 0.4) is 0 Å². The zero-order valence-electron chi connectivity index (χ0n) is 8.03. The number of aromatic nitrogens is 1. The van der Waals surface area contributed by atoms with Gasteiger partial charge in [-0.05, 0) is 40.9 Å². The highest BCUT2D eigenvalue weighted by Gasteiger charge is 2.06. The molecule has 4 heteroatoms. The lowest BCUT2D eigenvalue weighted by molar-refractivity contribution is 0.713. The second-order valence-corrected chi connectivity index (χ2v) is 4.12. The molecule has 1 rings (SSSR count). The van der Waals surface area contributed by atoms with Crippen molar-refractivity contribution >= 4 is 28.3 Å². The number of hydrogen-bond acceptors (Lipinski definition) is 2. The maximum Gasteiger partial charge on any atom is 0.0410 e. The lowest BCUT2D eigenvalue weighted by atomic mass is 10.0. The molecule has 0 unspecified atom stereocenters. The second-order valence-electron chi connectivity index (χ2n) is 3.20. The van der Waals surface area contributed by atoms with Gasteiger partial charge in [-0.1, -0.05) is 5.57 Å². The highest BCUT2D eigenvalue weighted by Crippen LogP contribution is 2.19. The van der Waals surface area contributed by atoms with E-state index >= 15 is 0 Å². The van der Waals surface area contributed by atoms with Gasteiger partial charge in [0, 0.05) is 22.9 Å². The minimum Gasteiger partial charge on any atom is -0.324 e. The molecule has 0 aliphatic rings. The Balaban J connectivity index is 0.00000169. The van der Waals surface area contributed by atoms with Gasteiger partial charge < -0.3 is 5.73 Å². The Morgan fingerprint density at radius 2 is 2.29 bits per heavy atom. The third-order valence-electron chi connectivity index (χ3n) is 1.72. The minimum absolute atomic E-state index is 0. The molecule has 1 atom stereocenters. The van der Waals surface area contributed by atoms with Crippen LogP contribution in [0.5, 0.6) is 0 Å². The van der Waals surface area contributed by atoms with E-state index < -0.39 is 0 Å². The molecule has 0 aliphatic carbocycles. The van der Waals surface area contributed by atoms with Crippen LogP contribution in [0.25, 0.3) is 0 Å². The van der Waals surface area contributed by atoms with E-state index in [-0.39, 0.29) is 18.4 Å². The van der Waals surface area contributed by atoms with Gasteiger partial charge in [0.05, 0.1) is 0 Å². The van der Waals surface area contributed by atoms with E-state index in [2.05, 4.69) is 27.5 Å². The summed E-state index contributed by atoms with van der Waals surface area (Å²) in [6, 6.07) is 1.99. The molecule has 0 saturated heterocycles. The molecule has 1 heterocycles. The lowest BCUT2D eigenvalue weighted by Crippen LogP contribution is -2.10. The number of nitrogens with two attached hydrogens (primary N) is 1. The van der Waals surface area contributed by atoms with Crippen molar-refractivity contribution < 1.29 is 0 Å². The van der Waals surface area contributed by atoms with E-state index in [9.17, 15) is 0 Å². The number of pyridine rings is 1. The standard InChI is InChI=1S/C10H13BrN2.ClH/c1-7(2)3-10(12)8-4-9(11)6-13-5-8;/h4-6,10H,1,3,12H2,2H3;1H/t10-;/m0./s1. The quantitative estimate of drug-likeness (QED) is 0.862. The van der Waals surface area contributed by atoms with E-state index in [0.29, 0.717) is 0 Å². The van der Waals surface area contributed by atoms with Crippen LogP contribution < -0.4 is 5.73 Å². The van der Waals surface area contributed by atoms with E-state index in [1.807, 2.05) is 13.0 Å². The van der Waals surface area contributed by atoms with Crippen molar-refractivity contribution in [2.24, 2.45) is 5.73 Å². The molecule has 2 N–H and O–H groups in total. The van der Waals surface area contributed by atoms with Crippen molar-refractivity contribution in [1.82, 2.24) is 4.98 Å². The second kappa shape index (κ2) is 6.17. The Bertz CT molecular complexity index is 315. The minimum atomic E-state index is 0. The number of halogens is 2. The Hall–Kier alpha value is -0.380.